The van der Waals surface area contributed by atoms with Crippen molar-refractivity contribution in [3.63, 3.8) is 0 Å². The predicted octanol–water partition coefficient (Wildman–Crippen LogP) is 3.04. The van der Waals surface area contributed by atoms with Gasteiger partial charge in [0.15, 0.2) is 0 Å². The lowest BCUT2D eigenvalue weighted by atomic mass is 10.7. The molecule has 0 spiro atoms. The Hall–Kier alpha value is 0.510. The molecule has 0 N–H and O–H groups in total. The normalized spacial score (nSPS) is 11.8. The first-order valence-corrected chi connectivity index (χ1v) is 6.54. The maximum atomic E-state index is 10.8. The number of halogens is 2. The number of hydrogen-bond acceptors (Lipinski definition) is 2. The number of hydrogen-bond donors (Lipinski definition) is 0. The molecule has 0 aliphatic heterocycles. The molecule has 1 rings (SSSR count). The molecule has 1 nitrogen and oxygen atoms in total. The topological polar surface area (TPSA) is 17.1 Å². The highest BCUT2D eigenvalue weighted by atomic mass is 35.9. The van der Waals surface area contributed by atoms with Crippen molar-refractivity contribution in [1.29, 1.82) is 0 Å². The van der Waals surface area contributed by atoms with Crippen molar-refractivity contribution in [3.8, 4) is 0 Å². The van der Waals surface area contributed by atoms with Crippen molar-refractivity contribution < 1.29 is 4.57 Å². The standard InChI is InChI=1S/C4H3Cl2OPS/c5-8(6,7)4-2-1-3-9-4/h1-3H. The van der Waals surface area contributed by atoms with Gasteiger partial charge in [-0.15, -0.1) is 11.3 Å². The Balaban J connectivity index is 3.04. The van der Waals surface area contributed by atoms with Crippen molar-refractivity contribution in [3.05, 3.63) is 17.5 Å². The Kier molecular flexibility index (Phi) is 2.23. The fourth-order valence-electron chi connectivity index (χ4n) is 0.418. The highest BCUT2D eigenvalue weighted by Crippen LogP contribution is 2.56. The van der Waals surface area contributed by atoms with Crippen LogP contribution in [0.2, 0.25) is 0 Å². The summed E-state index contributed by atoms with van der Waals surface area (Å²) in [6, 6.07) is 3.42. The summed E-state index contributed by atoms with van der Waals surface area (Å²) in [7, 11) is 0. The highest BCUT2D eigenvalue weighted by molar-refractivity contribution is 8.15. The van der Waals surface area contributed by atoms with E-state index in [1.165, 1.54) is 11.3 Å². The van der Waals surface area contributed by atoms with Gasteiger partial charge in [-0.1, -0.05) is 6.07 Å². The molecule has 0 saturated carbocycles. The maximum absolute atomic E-state index is 10.8. The molecular weight excluding hydrogens is 198 g/mol. The Morgan fingerprint density at radius 2 is 2.22 bits per heavy atom. The fraction of sp³-hybridized carbons (Fsp3) is 0. The van der Waals surface area contributed by atoms with Crippen LogP contribution < -0.4 is 4.62 Å². The first kappa shape index (κ1) is 7.62. The number of rotatable bonds is 1. The molecule has 1 aromatic rings. The SMILES string of the molecule is O=P(Cl)(Cl)c1cccs1. The van der Waals surface area contributed by atoms with Crippen LogP contribution in [0.15, 0.2) is 17.5 Å². The van der Waals surface area contributed by atoms with Gasteiger partial charge in [-0.2, -0.15) is 0 Å². The molecule has 0 fully saturated rings. The van der Waals surface area contributed by atoms with E-state index < -0.39 is 5.85 Å². The van der Waals surface area contributed by atoms with Crippen molar-refractivity contribution in [2.45, 2.75) is 0 Å². The molecule has 50 valence electrons. The summed E-state index contributed by atoms with van der Waals surface area (Å²) in [5.41, 5.74) is 0. The van der Waals surface area contributed by atoms with Gasteiger partial charge >= 0.3 is 0 Å². The molecule has 0 unspecified atom stereocenters. The fourth-order valence-corrected chi connectivity index (χ4v) is 2.86. The van der Waals surface area contributed by atoms with E-state index >= 15 is 0 Å². The highest BCUT2D eigenvalue weighted by Gasteiger charge is 2.17. The largest absolute Gasteiger partial charge is 0.291 e. The van der Waals surface area contributed by atoms with Crippen LogP contribution in [-0.2, 0) is 4.57 Å². The van der Waals surface area contributed by atoms with Gasteiger partial charge in [-0.3, -0.25) is 4.57 Å². The summed E-state index contributed by atoms with van der Waals surface area (Å²) in [6.45, 7) is 0. The Morgan fingerprint density at radius 3 is 2.44 bits per heavy atom. The third-order valence-electron chi connectivity index (χ3n) is 0.763. The van der Waals surface area contributed by atoms with Crippen molar-refractivity contribution in [2.24, 2.45) is 0 Å². The average molecular weight is 201 g/mol. The minimum Gasteiger partial charge on any atom is -0.283 e. The maximum Gasteiger partial charge on any atom is 0.291 e. The van der Waals surface area contributed by atoms with E-state index in [4.69, 9.17) is 22.5 Å². The van der Waals surface area contributed by atoms with Crippen LogP contribution in [0.5, 0.6) is 0 Å². The van der Waals surface area contributed by atoms with E-state index in [1.807, 2.05) is 0 Å². The van der Waals surface area contributed by atoms with Gasteiger partial charge in [0.2, 0.25) is 0 Å². The molecule has 0 saturated heterocycles. The smallest absolute Gasteiger partial charge is 0.283 e. The van der Waals surface area contributed by atoms with Crippen LogP contribution in [0, 0.1) is 0 Å². The van der Waals surface area contributed by atoms with E-state index in [-0.39, 0.29) is 0 Å². The second-order valence-corrected chi connectivity index (χ2v) is 7.45. The molecule has 1 aromatic heterocycles. The quantitative estimate of drug-likeness (QED) is 0.638. The molecule has 0 bridgehead atoms. The first-order chi connectivity index (χ1) is 4.11. The van der Waals surface area contributed by atoms with Gasteiger partial charge in [0.05, 0.1) is 4.62 Å². The van der Waals surface area contributed by atoms with Gasteiger partial charge in [-0.05, 0) is 33.9 Å². The average Bonchev–Trinajstić information content (AvgIpc) is 2.08. The molecular formula is C4H3Cl2OPS. The van der Waals surface area contributed by atoms with E-state index in [9.17, 15) is 4.57 Å². The molecule has 0 radical (unpaired) electrons. The van der Waals surface area contributed by atoms with Crippen LogP contribution in [0.1, 0.15) is 0 Å². The minimum atomic E-state index is -3.01. The van der Waals surface area contributed by atoms with E-state index in [0.29, 0.717) is 4.62 Å². The van der Waals surface area contributed by atoms with Crippen molar-refractivity contribution >= 4 is 44.3 Å². The second kappa shape index (κ2) is 2.63. The van der Waals surface area contributed by atoms with Gasteiger partial charge in [0, 0.05) is 0 Å². The molecule has 9 heavy (non-hydrogen) atoms. The van der Waals surface area contributed by atoms with Gasteiger partial charge in [0.25, 0.3) is 5.85 Å². The number of thiophene rings is 1. The summed E-state index contributed by atoms with van der Waals surface area (Å²) in [4.78, 5) is 0. The van der Waals surface area contributed by atoms with Gasteiger partial charge in [0.1, 0.15) is 0 Å². The summed E-state index contributed by atoms with van der Waals surface area (Å²) >= 11 is 12.0. The van der Waals surface area contributed by atoms with E-state index in [2.05, 4.69) is 0 Å². The Morgan fingerprint density at radius 1 is 1.56 bits per heavy atom. The summed E-state index contributed by atoms with van der Waals surface area (Å²) in [6.07, 6.45) is 0. The van der Waals surface area contributed by atoms with E-state index in [1.54, 1.807) is 17.5 Å². The van der Waals surface area contributed by atoms with Crippen LogP contribution in [0.3, 0.4) is 0 Å². The molecule has 0 atom stereocenters. The van der Waals surface area contributed by atoms with Crippen molar-refractivity contribution in [2.75, 3.05) is 0 Å². The first-order valence-electron chi connectivity index (χ1n) is 2.14. The summed E-state index contributed by atoms with van der Waals surface area (Å²) in [5.74, 6) is -3.01. The predicted molar refractivity (Wildman–Crippen MR) is 43.3 cm³/mol. The monoisotopic (exact) mass is 200 g/mol. The minimum absolute atomic E-state index is 0.547. The third kappa shape index (κ3) is 1.98. The zero-order chi connectivity index (χ0) is 6.91. The third-order valence-corrected chi connectivity index (χ3v) is 4.88. The summed E-state index contributed by atoms with van der Waals surface area (Å²) in [5, 5.41) is 1.78. The molecule has 0 aliphatic carbocycles. The molecule has 0 amide bonds. The molecule has 0 aromatic carbocycles. The zero-order valence-corrected chi connectivity index (χ0v) is 7.47. The van der Waals surface area contributed by atoms with Gasteiger partial charge in [-0.25, -0.2) is 0 Å². The Bertz CT molecular complexity index is 227. The van der Waals surface area contributed by atoms with Crippen molar-refractivity contribution in [1.82, 2.24) is 0 Å². The van der Waals surface area contributed by atoms with Crippen LogP contribution >= 0.6 is 39.7 Å². The van der Waals surface area contributed by atoms with Crippen LogP contribution in [0.25, 0.3) is 0 Å². The lowest BCUT2D eigenvalue weighted by molar-refractivity contribution is 0.598. The molecule has 5 heteroatoms. The molecule has 1 heterocycles. The van der Waals surface area contributed by atoms with E-state index in [0.717, 1.165) is 0 Å². The lowest BCUT2D eigenvalue weighted by Gasteiger charge is -1.92. The lowest BCUT2D eigenvalue weighted by Crippen LogP contribution is -1.84. The van der Waals surface area contributed by atoms with Crippen LogP contribution in [-0.4, -0.2) is 0 Å². The molecule has 0 aliphatic rings. The summed E-state index contributed by atoms with van der Waals surface area (Å²) < 4.78 is 11.4. The second-order valence-electron chi connectivity index (χ2n) is 1.41. The Labute approximate surface area is 66.6 Å². The zero-order valence-electron chi connectivity index (χ0n) is 4.25. The van der Waals surface area contributed by atoms with Crippen LogP contribution in [0.4, 0.5) is 0 Å². The van der Waals surface area contributed by atoms with Gasteiger partial charge < -0.3 is 0 Å².